The lowest BCUT2D eigenvalue weighted by Crippen LogP contribution is -2.10. The summed E-state index contributed by atoms with van der Waals surface area (Å²) < 4.78 is 189. The molecule has 1 heterocycles. The van der Waals surface area contributed by atoms with Crippen LogP contribution >= 0.6 is 0 Å². The Morgan fingerprint density at radius 3 is 1.85 bits per heavy atom. The first kappa shape index (κ1) is 7.48. The summed E-state index contributed by atoms with van der Waals surface area (Å²) in [6.45, 7) is 0. The fourth-order valence-electron chi connectivity index (χ4n) is 3.81. The van der Waals surface area contributed by atoms with Crippen LogP contribution in [0.2, 0.25) is 0 Å². The van der Waals surface area contributed by atoms with Crippen LogP contribution in [0.4, 0.5) is 17.1 Å². The summed E-state index contributed by atoms with van der Waals surface area (Å²) in [4.78, 5) is 0.596. The Bertz CT molecular complexity index is 2830. The maximum atomic E-state index is 9.53. The summed E-state index contributed by atoms with van der Waals surface area (Å²) in [5.41, 5.74) is -3.76. The molecule has 0 saturated carbocycles. The minimum atomic E-state index is -1.00. The van der Waals surface area contributed by atoms with Crippen LogP contribution in [-0.2, 0) is 0 Å². The number of hydrogen-bond acceptors (Lipinski definition) is 2. The molecule has 0 aliphatic carbocycles. The minimum Gasteiger partial charge on any atom is -0.454 e. The van der Waals surface area contributed by atoms with Crippen molar-refractivity contribution in [2.24, 2.45) is 0 Å². The molecular weight excluding hydrogens is 414 g/mol. The zero-order valence-electron chi connectivity index (χ0n) is 37.9. The Balaban J connectivity index is 1.96. The lowest BCUT2D eigenvalue weighted by Gasteiger charge is -2.27. The van der Waals surface area contributed by atoms with Crippen molar-refractivity contribution < 1.29 is 33.2 Å². The van der Waals surface area contributed by atoms with E-state index in [-0.39, 0.29) is 0 Å². The third kappa shape index (κ3) is 2.82. The number of para-hydroxylation sites is 3. The lowest BCUT2D eigenvalue weighted by molar-refractivity contribution is 0.669. The Morgan fingerprint density at radius 1 is 0.500 bits per heavy atom. The normalized spacial score (nSPS) is 20.2. The molecule has 2 heteroatoms. The van der Waals surface area contributed by atoms with Gasteiger partial charge in [-0.15, -0.1) is 0 Å². The fraction of sp³-hybridized carbons (Fsp3) is 0. The average molecular weight is 457 g/mol. The smallest absolute Gasteiger partial charge is 0.160 e. The molecule has 7 aromatic rings. The largest absolute Gasteiger partial charge is 0.454 e. The van der Waals surface area contributed by atoms with E-state index in [0.717, 1.165) is 0 Å². The molecule has 2 nitrogen and oxygen atoms in total. The zero-order chi connectivity index (χ0) is 40.8. The highest BCUT2D eigenvalue weighted by Crippen LogP contribution is 2.47. The van der Waals surface area contributed by atoms with E-state index in [1.54, 1.807) is 0 Å². The van der Waals surface area contributed by atoms with E-state index in [2.05, 4.69) is 0 Å². The van der Waals surface area contributed by atoms with E-state index in [0.29, 0.717) is 4.90 Å². The predicted molar refractivity (Wildman–Crippen MR) is 143 cm³/mol. The first-order valence-electron chi connectivity index (χ1n) is 20.3. The molecule has 0 saturated heterocycles. The third-order valence-corrected chi connectivity index (χ3v) is 5.18. The molecule has 0 atom stereocenters. The van der Waals surface area contributed by atoms with Crippen molar-refractivity contribution in [3.63, 3.8) is 0 Å². The van der Waals surface area contributed by atoms with Gasteiger partial charge in [0.25, 0.3) is 0 Å². The Morgan fingerprint density at radius 2 is 1.12 bits per heavy atom. The summed E-state index contributed by atoms with van der Waals surface area (Å²) in [7, 11) is 0. The minimum absolute atomic E-state index is 0.452. The van der Waals surface area contributed by atoms with Gasteiger partial charge in [0, 0.05) is 27.5 Å². The van der Waals surface area contributed by atoms with Gasteiger partial charge >= 0.3 is 0 Å². The second-order valence-electron chi connectivity index (χ2n) is 7.02. The molecule has 0 aliphatic heterocycles. The van der Waals surface area contributed by atoms with Gasteiger partial charge in [0.2, 0.25) is 0 Å². The van der Waals surface area contributed by atoms with Crippen molar-refractivity contribution >= 4 is 60.5 Å². The molecule has 6 aromatic carbocycles. The Hall–Kier alpha value is -4.56. The van der Waals surface area contributed by atoms with Crippen molar-refractivity contribution in [3.05, 3.63) is 127 Å². The van der Waals surface area contributed by atoms with Gasteiger partial charge in [-0.2, -0.15) is 0 Å². The predicted octanol–water partition coefficient (Wildman–Crippen LogP) is 9.36. The molecule has 160 valence electrons. The second kappa shape index (κ2) is 7.50. The van der Waals surface area contributed by atoms with Gasteiger partial charge in [-0.05, 0) is 52.4 Å². The van der Waals surface area contributed by atoms with Gasteiger partial charge in [-0.3, -0.25) is 0 Å². The van der Waals surface area contributed by atoms with Crippen molar-refractivity contribution in [2.45, 2.75) is 0 Å². The highest BCUT2D eigenvalue weighted by molar-refractivity contribution is 6.24. The van der Waals surface area contributed by atoms with Crippen LogP contribution in [0, 0.1) is 0 Å². The Labute approximate surface area is 226 Å². The Kier molecular flexibility index (Phi) is 1.65. The van der Waals surface area contributed by atoms with Crippen molar-refractivity contribution in [3.8, 4) is 0 Å². The summed E-state index contributed by atoms with van der Waals surface area (Å²) >= 11 is 0. The van der Waals surface area contributed by atoms with Crippen LogP contribution in [0.1, 0.15) is 28.8 Å². The summed E-state index contributed by atoms with van der Waals surface area (Å²) in [6.07, 6.45) is 0. The van der Waals surface area contributed by atoms with Crippen LogP contribution in [0.5, 0.6) is 0 Å². The van der Waals surface area contributed by atoms with Crippen molar-refractivity contribution in [2.75, 3.05) is 4.90 Å². The van der Waals surface area contributed by atoms with Crippen LogP contribution in [0.25, 0.3) is 43.5 Å². The monoisotopic (exact) mass is 456 g/mol. The molecule has 1 aromatic heterocycles. The van der Waals surface area contributed by atoms with Gasteiger partial charge < -0.3 is 9.32 Å². The highest BCUT2D eigenvalue weighted by Gasteiger charge is 2.23. The van der Waals surface area contributed by atoms with E-state index in [4.69, 9.17) is 30.5 Å². The topological polar surface area (TPSA) is 16.4 Å². The zero-order valence-corrected chi connectivity index (χ0v) is 16.9. The molecule has 0 unspecified atom stereocenters. The third-order valence-electron chi connectivity index (χ3n) is 5.18. The molecule has 0 aliphatic rings. The van der Waals surface area contributed by atoms with Gasteiger partial charge in [-0.1, -0.05) is 90.6 Å². The molecule has 0 spiro atoms. The molecule has 7 rings (SSSR count). The quantitative estimate of drug-likeness (QED) is 0.246. The van der Waals surface area contributed by atoms with E-state index >= 15 is 0 Å². The lowest BCUT2D eigenvalue weighted by atomic mass is 9.97. The number of nitrogens with zero attached hydrogens (tertiary/aromatic N) is 1. The van der Waals surface area contributed by atoms with Crippen LogP contribution in [-0.4, -0.2) is 0 Å². The summed E-state index contributed by atoms with van der Waals surface area (Å²) in [5, 5.41) is -3.20. The van der Waals surface area contributed by atoms with Gasteiger partial charge in [0.05, 0.1) is 34.5 Å². The molecule has 0 amide bonds. The maximum absolute atomic E-state index is 9.53. The van der Waals surface area contributed by atoms with Crippen LogP contribution in [0.15, 0.2) is 131 Å². The number of benzene rings is 6. The molecule has 34 heavy (non-hydrogen) atoms. The van der Waals surface area contributed by atoms with Gasteiger partial charge in [0.15, 0.2) is 5.58 Å². The highest BCUT2D eigenvalue weighted by atomic mass is 16.3. The average Bonchev–Trinajstić information content (AvgIpc) is 3.56. The van der Waals surface area contributed by atoms with Crippen molar-refractivity contribution in [1.82, 2.24) is 0 Å². The van der Waals surface area contributed by atoms with E-state index in [9.17, 15) is 2.74 Å². The summed E-state index contributed by atoms with van der Waals surface area (Å²) in [5.74, 6) is 0. The summed E-state index contributed by atoms with van der Waals surface area (Å²) in [6, 6.07) is -18.4. The molecular formula is C32H21NO. The van der Waals surface area contributed by atoms with Crippen LogP contribution in [0.3, 0.4) is 0 Å². The second-order valence-corrected chi connectivity index (χ2v) is 7.02. The SMILES string of the molecule is [2H]c1c([2H])c([2H])c(N(c2c([2H])c([2H])c([2H])c([2H])c2[2H])c2c3oc4c([2H])c([2H])c([2H])c([2H])c4c3c([2H])c3c2c([2H])c([2H])c2c([2H])c([2H])c([2H])c([2H])c23)c([2H])c1[2H]. The van der Waals surface area contributed by atoms with Crippen molar-refractivity contribution in [1.29, 1.82) is 0 Å². The molecule has 0 radical (unpaired) electrons. The number of furan rings is 1. The van der Waals surface area contributed by atoms with Gasteiger partial charge in [-0.25, -0.2) is 0 Å². The number of anilines is 3. The van der Waals surface area contributed by atoms with E-state index < -0.39 is 187 Å². The van der Waals surface area contributed by atoms with E-state index in [1.807, 2.05) is 0 Å². The van der Waals surface area contributed by atoms with Gasteiger partial charge in [0.1, 0.15) is 5.58 Å². The number of rotatable bonds is 3. The maximum Gasteiger partial charge on any atom is 0.160 e. The standard InChI is InChI=1S/C32H21NO/c1-3-12-23(13-4-1)33(24-14-5-2-6-15-24)31-27-20-19-22-11-7-8-16-25(22)28(27)21-29-26-17-9-10-18-30(26)34-32(29)31/h1-21H/i1D,2D,3D,4D,5D,6D,7D,8D,9D,10D,11D,12D,13D,14D,15D,16D,17D,18D,19D,20D,21D. The first-order valence-corrected chi connectivity index (χ1v) is 9.83. The van der Waals surface area contributed by atoms with Crippen LogP contribution < -0.4 is 4.90 Å². The first-order chi connectivity index (χ1) is 25.6. The molecule has 0 N–H and O–H groups in total. The fourth-order valence-corrected chi connectivity index (χ4v) is 3.81. The van der Waals surface area contributed by atoms with E-state index in [1.165, 1.54) is 0 Å². The number of fused-ring (bicyclic) bond motifs is 6. The number of hydrogen-bond donors (Lipinski definition) is 0. The molecule has 0 fully saturated rings. The molecule has 0 bridgehead atoms.